The van der Waals surface area contributed by atoms with Crippen LogP contribution in [-0.2, 0) is 16.3 Å². The monoisotopic (exact) mass is 271 g/mol. The molecule has 18 heavy (non-hydrogen) atoms. The van der Waals surface area contributed by atoms with Crippen molar-refractivity contribution in [3.8, 4) is 0 Å². The summed E-state index contributed by atoms with van der Waals surface area (Å²) in [6.07, 6.45) is 3.68. The van der Waals surface area contributed by atoms with E-state index in [0.29, 0.717) is 24.2 Å². The molecule has 1 aromatic rings. The largest absolute Gasteiger partial charge is 0.339 e. The average Bonchev–Trinajstić information content (AvgIpc) is 3.00. The van der Waals surface area contributed by atoms with Gasteiger partial charge in [0.15, 0.2) is 15.7 Å². The Bertz CT molecular complexity index is 519. The Kier molecular flexibility index (Phi) is 3.11. The molecule has 2 aliphatic rings. The lowest BCUT2D eigenvalue weighted by molar-refractivity contribution is 0.358. The Morgan fingerprint density at radius 2 is 2.28 bits per heavy atom. The minimum Gasteiger partial charge on any atom is -0.339 e. The van der Waals surface area contributed by atoms with E-state index in [1.807, 2.05) is 0 Å². The van der Waals surface area contributed by atoms with Gasteiger partial charge in [-0.1, -0.05) is 5.16 Å². The lowest BCUT2D eigenvalue weighted by Crippen LogP contribution is -2.23. The van der Waals surface area contributed by atoms with Gasteiger partial charge in [0.25, 0.3) is 0 Å². The molecule has 6 nitrogen and oxygen atoms in total. The van der Waals surface area contributed by atoms with Gasteiger partial charge in [-0.2, -0.15) is 4.98 Å². The van der Waals surface area contributed by atoms with Crippen LogP contribution in [-0.4, -0.2) is 42.7 Å². The molecule has 0 aliphatic carbocycles. The van der Waals surface area contributed by atoms with E-state index in [-0.39, 0.29) is 17.4 Å². The van der Waals surface area contributed by atoms with E-state index in [0.717, 1.165) is 19.4 Å². The number of nitrogens with zero attached hydrogens (tertiary/aromatic N) is 2. The molecule has 0 radical (unpaired) electrons. The van der Waals surface area contributed by atoms with Crippen molar-refractivity contribution in [2.45, 2.75) is 37.6 Å². The molecule has 2 aliphatic heterocycles. The van der Waals surface area contributed by atoms with Crippen molar-refractivity contribution in [1.82, 2.24) is 15.5 Å². The lowest BCUT2D eigenvalue weighted by atomic mass is 10.1. The minimum absolute atomic E-state index is 0.0796. The quantitative estimate of drug-likeness (QED) is 0.849. The maximum absolute atomic E-state index is 11.4. The van der Waals surface area contributed by atoms with Crippen molar-refractivity contribution in [1.29, 1.82) is 0 Å². The molecule has 1 N–H and O–H groups in total. The fraction of sp³-hybridized carbons (Fsp3) is 0.818. The van der Waals surface area contributed by atoms with Gasteiger partial charge < -0.3 is 9.84 Å². The number of nitrogens with one attached hydrogen (secondary N) is 1. The third-order valence-electron chi connectivity index (χ3n) is 3.66. The summed E-state index contributed by atoms with van der Waals surface area (Å²) in [7, 11) is -2.89. The van der Waals surface area contributed by atoms with Gasteiger partial charge in [0, 0.05) is 18.4 Å². The number of rotatable bonds is 3. The van der Waals surface area contributed by atoms with Crippen LogP contribution in [0.5, 0.6) is 0 Å². The molecule has 2 atom stereocenters. The van der Waals surface area contributed by atoms with Gasteiger partial charge in [-0.05, 0) is 25.8 Å². The van der Waals surface area contributed by atoms with Crippen LogP contribution in [0.1, 0.15) is 36.9 Å². The molecule has 0 saturated carbocycles. The molecule has 0 amide bonds. The molecular weight excluding hydrogens is 254 g/mol. The molecule has 7 heteroatoms. The summed E-state index contributed by atoms with van der Waals surface area (Å²) in [6.45, 7) is 1.05. The predicted molar refractivity (Wildman–Crippen MR) is 65.0 cm³/mol. The van der Waals surface area contributed by atoms with Gasteiger partial charge in [-0.3, -0.25) is 0 Å². The molecular formula is C11H17N3O3S. The second-order valence-electron chi connectivity index (χ2n) is 5.14. The normalized spacial score (nSPS) is 30.9. The molecule has 100 valence electrons. The maximum atomic E-state index is 11.4. The molecule has 2 fully saturated rings. The van der Waals surface area contributed by atoms with Crippen LogP contribution in [0.3, 0.4) is 0 Å². The second kappa shape index (κ2) is 4.62. The average molecular weight is 271 g/mol. The van der Waals surface area contributed by atoms with Crippen molar-refractivity contribution in [2.24, 2.45) is 0 Å². The third-order valence-corrected chi connectivity index (χ3v) is 5.43. The van der Waals surface area contributed by atoms with Crippen LogP contribution in [0, 0.1) is 0 Å². The predicted octanol–water partition coefficient (Wildman–Crippen LogP) is 0.266. The first kappa shape index (κ1) is 12.1. The van der Waals surface area contributed by atoms with Gasteiger partial charge in [0.1, 0.15) is 0 Å². The maximum Gasteiger partial charge on any atom is 0.228 e. The Morgan fingerprint density at radius 1 is 1.39 bits per heavy atom. The van der Waals surface area contributed by atoms with Gasteiger partial charge in [0.05, 0.1) is 11.5 Å². The third kappa shape index (κ3) is 2.56. The number of sulfone groups is 1. The van der Waals surface area contributed by atoms with E-state index < -0.39 is 9.84 Å². The number of hydrogen-bond acceptors (Lipinski definition) is 6. The highest BCUT2D eigenvalue weighted by atomic mass is 32.2. The molecule has 2 unspecified atom stereocenters. The molecule has 2 saturated heterocycles. The molecule has 3 heterocycles. The topological polar surface area (TPSA) is 85.1 Å². The number of aromatic nitrogens is 2. The fourth-order valence-corrected chi connectivity index (χ4v) is 4.40. The number of hydrogen-bond donors (Lipinski definition) is 1. The van der Waals surface area contributed by atoms with E-state index in [4.69, 9.17) is 4.52 Å². The van der Waals surface area contributed by atoms with Crippen molar-refractivity contribution in [3.63, 3.8) is 0 Å². The first-order chi connectivity index (χ1) is 8.62. The Morgan fingerprint density at radius 3 is 2.94 bits per heavy atom. The van der Waals surface area contributed by atoms with Crippen LogP contribution < -0.4 is 5.32 Å². The van der Waals surface area contributed by atoms with Gasteiger partial charge in [0.2, 0.25) is 5.89 Å². The highest BCUT2D eigenvalue weighted by molar-refractivity contribution is 7.91. The smallest absolute Gasteiger partial charge is 0.228 e. The Labute approximate surface area is 106 Å². The van der Waals surface area contributed by atoms with Crippen LogP contribution in [0.2, 0.25) is 0 Å². The Hall–Kier alpha value is -0.950. The van der Waals surface area contributed by atoms with Gasteiger partial charge in [-0.15, -0.1) is 0 Å². The summed E-state index contributed by atoms with van der Waals surface area (Å²) in [5.74, 6) is 1.50. The molecule has 1 aromatic heterocycles. The van der Waals surface area contributed by atoms with Crippen LogP contribution in [0.25, 0.3) is 0 Å². The second-order valence-corrected chi connectivity index (χ2v) is 7.37. The Balaban J connectivity index is 1.66. The standard InChI is InChI=1S/C11H17N3O3S/c15-18(16)5-3-8(7-18)11-13-10(17-14-11)6-9-2-1-4-12-9/h8-9,12H,1-7H2. The van der Waals surface area contributed by atoms with E-state index in [2.05, 4.69) is 15.5 Å². The van der Waals surface area contributed by atoms with E-state index in [1.54, 1.807) is 0 Å². The lowest BCUT2D eigenvalue weighted by Gasteiger charge is -2.04. The summed E-state index contributed by atoms with van der Waals surface area (Å²) in [5, 5.41) is 7.30. The highest BCUT2D eigenvalue weighted by Crippen LogP contribution is 2.27. The first-order valence-electron chi connectivity index (χ1n) is 6.39. The zero-order valence-corrected chi connectivity index (χ0v) is 10.9. The molecule has 3 rings (SSSR count). The van der Waals surface area contributed by atoms with E-state index >= 15 is 0 Å². The van der Waals surface area contributed by atoms with Crippen LogP contribution >= 0.6 is 0 Å². The summed E-state index contributed by atoms with van der Waals surface area (Å²) >= 11 is 0. The fourth-order valence-electron chi connectivity index (χ4n) is 2.66. The molecule has 0 bridgehead atoms. The summed E-state index contributed by atoms with van der Waals surface area (Å²) in [6, 6.07) is 0.422. The van der Waals surface area contributed by atoms with Gasteiger partial charge >= 0.3 is 0 Å². The van der Waals surface area contributed by atoms with E-state index in [9.17, 15) is 8.42 Å². The van der Waals surface area contributed by atoms with Crippen molar-refractivity contribution in [2.75, 3.05) is 18.1 Å². The van der Waals surface area contributed by atoms with Gasteiger partial charge in [-0.25, -0.2) is 8.42 Å². The highest BCUT2D eigenvalue weighted by Gasteiger charge is 2.32. The van der Waals surface area contributed by atoms with Crippen LogP contribution in [0.4, 0.5) is 0 Å². The molecule has 0 spiro atoms. The summed E-state index contributed by atoms with van der Waals surface area (Å²) in [5.41, 5.74) is 0. The van der Waals surface area contributed by atoms with Crippen molar-refractivity contribution < 1.29 is 12.9 Å². The molecule has 0 aromatic carbocycles. The van der Waals surface area contributed by atoms with Crippen molar-refractivity contribution in [3.05, 3.63) is 11.7 Å². The van der Waals surface area contributed by atoms with Crippen LogP contribution in [0.15, 0.2) is 4.52 Å². The zero-order chi connectivity index (χ0) is 12.6. The zero-order valence-electron chi connectivity index (χ0n) is 10.1. The minimum atomic E-state index is -2.89. The summed E-state index contributed by atoms with van der Waals surface area (Å²) < 4.78 is 28.0. The summed E-state index contributed by atoms with van der Waals surface area (Å²) in [4.78, 5) is 4.34. The van der Waals surface area contributed by atoms with Crippen molar-refractivity contribution >= 4 is 9.84 Å². The SMILES string of the molecule is O=S1(=O)CCC(c2noc(CC3CCCN3)n2)C1. The van der Waals surface area contributed by atoms with E-state index in [1.165, 1.54) is 6.42 Å². The first-order valence-corrected chi connectivity index (χ1v) is 8.21.